The molecule has 2 aliphatic rings. The minimum atomic E-state index is -0.250. The molecule has 0 spiro atoms. The summed E-state index contributed by atoms with van der Waals surface area (Å²) in [5, 5.41) is 16.9. The van der Waals surface area contributed by atoms with Gasteiger partial charge in [0.2, 0.25) is 0 Å². The second-order valence-corrected chi connectivity index (χ2v) is 7.85. The van der Waals surface area contributed by atoms with Gasteiger partial charge in [-0.1, -0.05) is 13.3 Å². The number of likely N-dealkylation sites (tertiary alicyclic amines) is 2. The highest BCUT2D eigenvalue weighted by molar-refractivity contribution is 5.74. The summed E-state index contributed by atoms with van der Waals surface area (Å²) in [7, 11) is 0. The van der Waals surface area contributed by atoms with Gasteiger partial charge < -0.3 is 29.9 Å². The van der Waals surface area contributed by atoms with Crippen molar-refractivity contribution in [3.63, 3.8) is 0 Å². The Hall–Kier alpha value is -2.62. The molecule has 10 heteroatoms. The Morgan fingerprint density at radius 1 is 1.13 bits per heavy atom. The number of nitrogens with one attached hydrogen (secondary N) is 1. The number of nitrogens with zero attached hydrogens (tertiary/aromatic N) is 4. The molecule has 0 bridgehead atoms. The first-order valence-electron chi connectivity index (χ1n) is 10.9. The number of hydrogen-bond acceptors (Lipinski definition) is 5. The molecule has 2 aliphatic heterocycles. The quantitative estimate of drug-likeness (QED) is 0.577. The molecule has 0 saturated carbocycles. The van der Waals surface area contributed by atoms with Crippen LogP contribution in [0.25, 0.3) is 0 Å². The van der Waals surface area contributed by atoms with E-state index in [1.807, 2.05) is 23.6 Å². The Bertz CT molecular complexity index is 599. The molecule has 31 heavy (non-hydrogen) atoms. The summed E-state index contributed by atoms with van der Waals surface area (Å²) in [4.78, 5) is 37.8. The maximum absolute atomic E-state index is 12.5. The van der Waals surface area contributed by atoms with Gasteiger partial charge in [0, 0.05) is 45.1 Å². The molecule has 3 N–H and O–H groups in total. The third-order valence-corrected chi connectivity index (χ3v) is 5.82. The summed E-state index contributed by atoms with van der Waals surface area (Å²) in [6.45, 7) is 8.60. The molecule has 2 amide bonds. The average Bonchev–Trinajstić information content (AvgIpc) is 3.28. The van der Waals surface area contributed by atoms with Crippen molar-refractivity contribution in [3.05, 3.63) is 18.7 Å². The average molecular weight is 440 g/mol. The van der Waals surface area contributed by atoms with Crippen LogP contribution in [-0.2, 0) is 16.1 Å². The van der Waals surface area contributed by atoms with E-state index in [9.17, 15) is 4.79 Å². The first kappa shape index (κ1) is 26.4. The minimum Gasteiger partial charge on any atom is -0.483 e. The lowest BCUT2D eigenvalue weighted by molar-refractivity contribution is -0.123. The van der Waals surface area contributed by atoms with Crippen molar-refractivity contribution in [2.24, 2.45) is 11.8 Å². The van der Waals surface area contributed by atoms with E-state index < -0.39 is 0 Å². The Kier molecular flexibility index (Phi) is 13.7. The Morgan fingerprint density at radius 2 is 1.81 bits per heavy atom. The molecule has 0 radical (unpaired) electrons. The maximum atomic E-state index is 12.5. The lowest BCUT2D eigenvalue weighted by Gasteiger charge is -2.34. The summed E-state index contributed by atoms with van der Waals surface area (Å²) in [6, 6.07) is 0.110. The number of hydrogen-bond donors (Lipinski definition) is 3. The van der Waals surface area contributed by atoms with Gasteiger partial charge in [-0.3, -0.25) is 9.59 Å². The van der Waals surface area contributed by atoms with Crippen molar-refractivity contribution in [1.29, 1.82) is 0 Å². The van der Waals surface area contributed by atoms with E-state index in [-0.39, 0.29) is 19.0 Å². The van der Waals surface area contributed by atoms with Gasteiger partial charge in [0.05, 0.1) is 6.33 Å². The first-order chi connectivity index (χ1) is 15.1. The predicted octanol–water partition coefficient (Wildman–Crippen LogP) is 1.83. The predicted molar refractivity (Wildman–Crippen MR) is 117 cm³/mol. The van der Waals surface area contributed by atoms with E-state index in [0.29, 0.717) is 5.92 Å². The van der Waals surface area contributed by atoms with Crippen molar-refractivity contribution in [1.82, 2.24) is 24.7 Å². The standard InChI is InChI=1S/C19H33N5O.2CH2O2/c1-2-17-5-10-22(11-6-17)13-8-21-19(25)24-9-3-4-18(15-24)14-23-12-7-20-16-23;2*2-1-3/h7,12,16-18H,2-6,8-11,13-15H2,1H3,(H,21,25);2*1H,(H,2,3). The van der Waals surface area contributed by atoms with Crippen LogP contribution in [0, 0.1) is 11.8 Å². The van der Waals surface area contributed by atoms with Gasteiger partial charge in [-0.15, -0.1) is 0 Å². The number of amides is 2. The van der Waals surface area contributed by atoms with Crippen molar-refractivity contribution in [3.8, 4) is 0 Å². The van der Waals surface area contributed by atoms with Crippen molar-refractivity contribution in [2.45, 2.75) is 45.6 Å². The number of carboxylic acid groups (broad SMARTS) is 2. The van der Waals surface area contributed by atoms with Crippen molar-refractivity contribution >= 4 is 19.0 Å². The van der Waals surface area contributed by atoms with Gasteiger partial charge >= 0.3 is 6.03 Å². The van der Waals surface area contributed by atoms with Crippen LogP contribution < -0.4 is 5.32 Å². The van der Waals surface area contributed by atoms with Crippen LogP contribution in [0.4, 0.5) is 4.79 Å². The van der Waals surface area contributed by atoms with Gasteiger partial charge in [-0.25, -0.2) is 9.78 Å². The number of carbonyl (C=O) groups is 3. The number of piperidine rings is 2. The summed E-state index contributed by atoms with van der Waals surface area (Å²) in [6.07, 6.45) is 11.9. The Morgan fingerprint density at radius 3 is 2.39 bits per heavy atom. The summed E-state index contributed by atoms with van der Waals surface area (Å²) >= 11 is 0. The van der Waals surface area contributed by atoms with Crippen LogP contribution in [0.3, 0.4) is 0 Å². The SMILES string of the molecule is CCC1CCN(CCNC(=O)N2CCCC(Cn3ccnc3)C2)CC1.O=CO.O=CO. The normalized spacial score (nSPS) is 19.3. The maximum Gasteiger partial charge on any atom is 0.317 e. The zero-order valence-corrected chi connectivity index (χ0v) is 18.4. The third kappa shape index (κ3) is 10.8. The highest BCUT2D eigenvalue weighted by Gasteiger charge is 2.24. The molecular weight excluding hydrogens is 402 g/mol. The fourth-order valence-electron chi connectivity index (χ4n) is 4.14. The number of carbonyl (C=O) groups excluding carboxylic acids is 1. The fraction of sp³-hybridized carbons (Fsp3) is 0.714. The zero-order valence-electron chi connectivity index (χ0n) is 18.4. The molecule has 0 aliphatic carbocycles. The number of imidazole rings is 1. The van der Waals surface area contributed by atoms with Gasteiger partial charge in [-0.05, 0) is 50.6 Å². The topological polar surface area (TPSA) is 128 Å². The minimum absolute atomic E-state index is 0.110. The Balaban J connectivity index is 0.000000720. The second-order valence-electron chi connectivity index (χ2n) is 7.85. The van der Waals surface area contributed by atoms with Crippen LogP contribution in [-0.4, -0.2) is 87.8 Å². The molecule has 1 unspecified atom stereocenters. The smallest absolute Gasteiger partial charge is 0.317 e. The highest BCUT2D eigenvalue weighted by atomic mass is 16.3. The van der Waals surface area contributed by atoms with Crippen LogP contribution >= 0.6 is 0 Å². The number of urea groups is 1. The molecule has 10 nitrogen and oxygen atoms in total. The van der Waals surface area contributed by atoms with E-state index in [1.54, 1.807) is 0 Å². The summed E-state index contributed by atoms with van der Waals surface area (Å²) in [5.74, 6) is 1.44. The molecule has 176 valence electrons. The first-order valence-corrected chi connectivity index (χ1v) is 10.9. The molecule has 0 aromatic carbocycles. The molecule has 2 saturated heterocycles. The lowest BCUT2D eigenvalue weighted by atomic mass is 9.94. The van der Waals surface area contributed by atoms with Crippen molar-refractivity contribution in [2.75, 3.05) is 39.3 Å². The molecule has 3 heterocycles. The molecule has 1 atom stereocenters. The fourth-order valence-corrected chi connectivity index (χ4v) is 4.14. The Labute approximate surface area is 184 Å². The molecule has 1 aromatic heterocycles. The van der Waals surface area contributed by atoms with Crippen LogP contribution in [0.15, 0.2) is 18.7 Å². The van der Waals surface area contributed by atoms with Crippen LogP contribution in [0.2, 0.25) is 0 Å². The lowest BCUT2D eigenvalue weighted by Crippen LogP contribution is -2.48. The largest absolute Gasteiger partial charge is 0.483 e. The van der Waals surface area contributed by atoms with Gasteiger partial charge in [0.25, 0.3) is 12.9 Å². The summed E-state index contributed by atoms with van der Waals surface area (Å²) < 4.78 is 2.12. The van der Waals surface area contributed by atoms with E-state index in [2.05, 4.69) is 26.7 Å². The van der Waals surface area contributed by atoms with Gasteiger partial charge in [0.15, 0.2) is 0 Å². The third-order valence-electron chi connectivity index (χ3n) is 5.82. The number of aromatic nitrogens is 2. The van der Waals surface area contributed by atoms with E-state index in [1.165, 1.54) is 38.8 Å². The molecule has 2 fully saturated rings. The molecular formula is C21H37N5O5. The van der Waals surface area contributed by atoms with E-state index in [4.69, 9.17) is 19.8 Å². The molecule has 3 rings (SSSR count). The van der Waals surface area contributed by atoms with Crippen molar-refractivity contribution < 1.29 is 24.6 Å². The van der Waals surface area contributed by atoms with E-state index >= 15 is 0 Å². The zero-order chi connectivity index (χ0) is 22.9. The summed E-state index contributed by atoms with van der Waals surface area (Å²) in [5.41, 5.74) is 0. The monoisotopic (exact) mass is 439 g/mol. The molecule has 1 aromatic rings. The second kappa shape index (κ2) is 16.1. The van der Waals surface area contributed by atoms with Gasteiger partial charge in [-0.2, -0.15) is 0 Å². The highest BCUT2D eigenvalue weighted by Crippen LogP contribution is 2.20. The van der Waals surface area contributed by atoms with Crippen LogP contribution in [0.1, 0.15) is 39.0 Å². The van der Waals surface area contributed by atoms with Gasteiger partial charge in [0.1, 0.15) is 0 Å². The van der Waals surface area contributed by atoms with Crippen LogP contribution in [0.5, 0.6) is 0 Å². The number of rotatable bonds is 6. The van der Waals surface area contributed by atoms with E-state index in [0.717, 1.165) is 45.1 Å².